The number of halogens is 2. The largest absolute Gasteiger partial charge is 0.487 e. The molecule has 0 aromatic heterocycles. The Labute approximate surface area is 252 Å². The number of hydrogen-bond donors (Lipinski definition) is 1. The molecule has 0 bridgehead atoms. The number of nitrogens with one attached hydrogen (secondary N) is 1. The van der Waals surface area contributed by atoms with E-state index in [1.54, 1.807) is 6.07 Å². The summed E-state index contributed by atoms with van der Waals surface area (Å²) in [5.74, 6) is -0.788. The number of fused-ring (bicyclic) bond motifs is 3. The Bertz CT molecular complexity index is 1560. The molecule has 1 N–H and O–H groups in total. The average molecular weight is 617 g/mol. The molecule has 1 fully saturated rings. The minimum absolute atomic E-state index is 0.0406. The van der Waals surface area contributed by atoms with Crippen molar-refractivity contribution in [3.8, 4) is 5.75 Å². The van der Waals surface area contributed by atoms with Crippen molar-refractivity contribution in [3.63, 3.8) is 0 Å². The molecule has 2 aliphatic rings. The van der Waals surface area contributed by atoms with Crippen LogP contribution >= 0.6 is 23.2 Å². The van der Waals surface area contributed by atoms with Crippen LogP contribution in [-0.4, -0.2) is 26.0 Å². The molecule has 218 valence electrons. The topological polar surface area (TPSA) is 81.7 Å². The fourth-order valence-corrected chi connectivity index (χ4v) is 7.16. The molecule has 0 aliphatic carbocycles. The molecule has 6 nitrogen and oxygen atoms in total. The predicted molar refractivity (Wildman–Crippen MR) is 161 cm³/mol. The van der Waals surface area contributed by atoms with E-state index in [0.717, 1.165) is 22.4 Å². The zero-order chi connectivity index (χ0) is 29.7. The van der Waals surface area contributed by atoms with Crippen molar-refractivity contribution in [2.75, 3.05) is 0 Å². The Hall–Kier alpha value is -2.58. The molecule has 2 aliphatic heterocycles. The molecule has 4 atom stereocenters. The lowest BCUT2D eigenvalue weighted by atomic mass is 9.70. The lowest BCUT2D eigenvalue weighted by Crippen LogP contribution is -2.54. The standard InChI is InChI=1S/C32H35Cl2NO5S/c1-31(2,3)20-9-14-24-28(17-20)40-32(4,5)26-18-25(27(39-29(24)26)16-19-7-6-8-22(34)15-19)30(36)35-41(37,38)23-12-10-21(33)11-13-23/h6-15,17,25-27,29H,16,18H2,1-5H3,(H,35,36)/t25-,26-,27-,29+/m0/s1. The van der Waals surface area contributed by atoms with Crippen molar-refractivity contribution >= 4 is 39.1 Å². The van der Waals surface area contributed by atoms with Gasteiger partial charge in [-0.05, 0) is 85.7 Å². The second kappa shape index (κ2) is 10.9. The molecule has 0 saturated carbocycles. The molecule has 1 saturated heterocycles. The predicted octanol–water partition coefficient (Wildman–Crippen LogP) is 7.27. The van der Waals surface area contributed by atoms with Gasteiger partial charge in [0.2, 0.25) is 5.91 Å². The van der Waals surface area contributed by atoms with E-state index in [-0.39, 0.29) is 22.3 Å². The highest BCUT2D eigenvalue weighted by atomic mass is 35.5. The number of amides is 1. The van der Waals surface area contributed by atoms with Crippen LogP contribution in [0.2, 0.25) is 10.0 Å². The molecule has 0 unspecified atom stereocenters. The third-order valence-electron chi connectivity index (χ3n) is 8.12. The van der Waals surface area contributed by atoms with E-state index in [0.29, 0.717) is 22.9 Å². The number of hydrogen-bond acceptors (Lipinski definition) is 5. The van der Waals surface area contributed by atoms with Crippen LogP contribution in [0.15, 0.2) is 71.6 Å². The summed E-state index contributed by atoms with van der Waals surface area (Å²) < 4.78 is 41.9. The molecule has 0 radical (unpaired) electrons. The summed E-state index contributed by atoms with van der Waals surface area (Å²) in [6, 6.07) is 19.3. The lowest BCUT2D eigenvalue weighted by molar-refractivity contribution is -0.177. The summed E-state index contributed by atoms with van der Waals surface area (Å²) in [6.45, 7) is 10.5. The van der Waals surface area contributed by atoms with Gasteiger partial charge in [0.25, 0.3) is 10.0 Å². The summed E-state index contributed by atoms with van der Waals surface area (Å²) in [6.07, 6.45) is -0.159. The third kappa shape index (κ3) is 6.29. The quantitative estimate of drug-likeness (QED) is 0.326. The van der Waals surface area contributed by atoms with Crippen LogP contribution in [0, 0.1) is 11.8 Å². The van der Waals surface area contributed by atoms with Crippen molar-refractivity contribution in [1.82, 2.24) is 4.72 Å². The van der Waals surface area contributed by atoms with Gasteiger partial charge >= 0.3 is 0 Å². The minimum atomic E-state index is -4.12. The summed E-state index contributed by atoms with van der Waals surface area (Å²) in [7, 11) is -4.12. The number of carbonyl (C=O) groups excluding carboxylic acids is 1. The molecule has 1 amide bonds. The van der Waals surface area contributed by atoms with Crippen LogP contribution in [0.1, 0.15) is 63.8 Å². The number of ether oxygens (including phenoxy) is 2. The van der Waals surface area contributed by atoms with E-state index in [1.807, 2.05) is 32.0 Å². The van der Waals surface area contributed by atoms with E-state index in [4.69, 9.17) is 32.7 Å². The normalized spacial score (nSPS) is 23.6. The number of sulfonamides is 1. The number of carbonyl (C=O) groups is 1. The van der Waals surface area contributed by atoms with Crippen molar-refractivity contribution in [2.45, 2.75) is 75.6 Å². The maximum absolute atomic E-state index is 13.7. The SMILES string of the molecule is CC(C)(C)c1ccc2c(c1)OC(C)(C)[C@H]1C[C@H](C(=O)NS(=O)(=O)c3ccc(Cl)cc3)[C@H](Cc3cccc(Cl)c3)O[C@H]21. The van der Waals surface area contributed by atoms with E-state index in [9.17, 15) is 13.2 Å². The Morgan fingerprint density at radius 3 is 2.37 bits per heavy atom. The first-order chi connectivity index (χ1) is 19.1. The van der Waals surface area contributed by atoms with Gasteiger partial charge in [0.15, 0.2) is 0 Å². The zero-order valence-electron chi connectivity index (χ0n) is 23.8. The first-order valence-electron chi connectivity index (χ1n) is 13.7. The van der Waals surface area contributed by atoms with E-state index in [2.05, 4.69) is 43.7 Å². The van der Waals surface area contributed by atoms with Gasteiger partial charge in [-0.1, -0.05) is 68.2 Å². The molecule has 0 spiro atoms. The van der Waals surface area contributed by atoms with Gasteiger partial charge in [0, 0.05) is 21.5 Å². The van der Waals surface area contributed by atoms with Gasteiger partial charge < -0.3 is 9.47 Å². The van der Waals surface area contributed by atoms with Crippen LogP contribution in [-0.2, 0) is 31.4 Å². The monoisotopic (exact) mass is 615 g/mol. The van der Waals surface area contributed by atoms with Gasteiger partial charge in [0.1, 0.15) is 11.4 Å². The highest BCUT2D eigenvalue weighted by molar-refractivity contribution is 7.90. The van der Waals surface area contributed by atoms with Crippen LogP contribution < -0.4 is 9.46 Å². The molecule has 2 heterocycles. The number of rotatable bonds is 5. The molecular weight excluding hydrogens is 581 g/mol. The van der Waals surface area contributed by atoms with Crippen LogP contribution in [0.25, 0.3) is 0 Å². The molecule has 5 rings (SSSR count). The maximum Gasteiger partial charge on any atom is 0.264 e. The van der Waals surface area contributed by atoms with Gasteiger partial charge in [-0.2, -0.15) is 0 Å². The van der Waals surface area contributed by atoms with Crippen molar-refractivity contribution in [3.05, 3.63) is 93.5 Å². The second-order valence-electron chi connectivity index (χ2n) is 12.5. The van der Waals surface area contributed by atoms with E-state index >= 15 is 0 Å². The Morgan fingerprint density at radius 2 is 1.71 bits per heavy atom. The van der Waals surface area contributed by atoms with Crippen molar-refractivity contribution < 1.29 is 22.7 Å². The summed E-state index contributed by atoms with van der Waals surface area (Å²) in [5, 5.41) is 0.979. The van der Waals surface area contributed by atoms with Crippen molar-refractivity contribution in [1.29, 1.82) is 0 Å². The Kier molecular flexibility index (Phi) is 7.96. The molecule has 41 heavy (non-hydrogen) atoms. The van der Waals surface area contributed by atoms with Crippen LogP contribution in [0.3, 0.4) is 0 Å². The van der Waals surface area contributed by atoms with E-state index < -0.39 is 33.6 Å². The van der Waals surface area contributed by atoms with Gasteiger partial charge in [-0.15, -0.1) is 0 Å². The highest BCUT2D eigenvalue weighted by Gasteiger charge is 2.52. The van der Waals surface area contributed by atoms with E-state index in [1.165, 1.54) is 24.3 Å². The Morgan fingerprint density at radius 1 is 1.00 bits per heavy atom. The molecule has 3 aromatic carbocycles. The highest BCUT2D eigenvalue weighted by Crippen LogP contribution is 2.53. The summed E-state index contributed by atoms with van der Waals surface area (Å²) in [4.78, 5) is 13.7. The van der Waals surface area contributed by atoms with Crippen LogP contribution in [0.4, 0.5) is 0 Å². The lowest BCUT2D eigenvalue weighted by Gasteiger charge is -2.51. The van der Waals surface area contributed by atoms with Crippen molar-refractivity contribution in [2.24, 2.45) is 11.8 Å². The molecule has 3 aromatic rings. The van der Waals surface area contributed by atoms with Gasteiger partial charge in [0.05, 0.1) is 23.0 Å². The fourth-order valence-electron chi connectivity index (χ4n) is 5.79. The van der Waals surface area contributed by atoms with Gasteiger partial charge in [-0.25, -0.2) is 13.1 Å². The third-order valence-corrected chi connectivity index (χ3v) is 9.97. The average Bonchev–Trinajstić information content (AvgIpc) is 2.87. The molecule has 9 heteroatoms. The smallest absolute Gasteiger partial charge is 0.264 e. The summed E-state index contributed by atoms with van der Waals surface area (Å²) in [5.41, 5.74) is 2.27. The molecular formula is C32H35Cl2NO5S. The van der Waals surface area contributed by atoms with Gasteiger partial charge in [-0.3, -0.25) is 4.79 Å². The van der Waals surface area contributed by atoms with Crippen LogP contribution in [0.5, 0.6) is 5.75 Å². The second-order valence-corrected chi connectivity index (χ2v) is 15.1. The zero-order valence-corrected chi connectivity index (χ0v) is 26.1. The fraction of sp³-hybridized carbons (Fsp3) is 0.406. The maximum atomic E-state index is 13.7. The first-order valence-corrected chi connectivity index (χ1v) is 15.9. The number of benzene rings is 3. The Balaban J connectivity index is 1.50. The summed E-state index contributed by atoms with van der Waals surface area (Å²) >= 11 is 12.2. The minimum Gasteiger partial charge on any atom is -0.487 e. The first kappa shape index (κ1) is 29.9.